The number of aromatic amines is 1. The molecule has 1 aromatic heterocycles. The van der Waals surface area contributed by atoms with Crippen LogP contribution >= 0.6 is 11.8 Å². The van der Waals surface area contributed by atoms with Crippen molar-refractivity contribution in [2.75, 3.05) is 11.1 Å². The first-order valence-corrected chi connectivity index (χ1v) is 8.88. The van der Waals surface area contributed by atoms with Gasteiger partial charge in [-0.05, 0) is 11.6 Å². The number of anilines is 1. The zero-order chi connectivity index (χ0) is 19.2. The van der Waals surface area contributed by atoms with Gasteiger partial charge in [-0.3, -0.25) is 19.5 Å². The van der Waals surface area contributed by atoms with Gasteiger partial charge >= 0.3 is 5.69 Å². The lowest BCUT2D eigenvalue weighted by Gasteiger charge is -2.07. The second-order valence-corrected chi connectivity index (χ2v) is 6.44. The Balaban J connectivity index is 1.66. The van der Waals surface area contributed by atoms with Gasteiger partial charge in [-0.1, -0.05) is 54.2 Å². The molecule has 0 saturated carbocycles. The van der Waals surface area contributed by atoms with Gasteiger partial charge in [0, 0.05) is 6.07 Å². The Kier molecular flexibility index (Phi) is 5.67. The largest absolute Gasteiger partial charge is 0.344 e. The summed E-state index contributed by atoms with van der Waals surface area (Å²) in [5.41, 5.74) is 0.487. The first-order valence-electron chi connectivity index (χ1n) is 7.90. The zero-order valence-corrected chi connectivity index (χ0v) is 14.8. The summed E-state index contributed by atoms with van der Waals surface area (Å²) in [6.07, 6.45) is 0. The van der Waals surface area contributed by atoms with Crippen molar-refractivity contribution in [1.82, 2.24) is 14.8 Å². The van der Waals surface area contributed by atoms with Gasteiger partial charge in [0.1, 0.15) is 5.69 Å². The number of nitrogens with one attached hydrogen (secondary N) is 2. The Labute approximate surface area is 157 Å². The van der Waals surface area contributed by atoms with E-state index in [4.69, 9.17) is 0 Å². The molecular weight excluding hydrogens is 370 g/mol. The number of benzene rings is 2. The molecule has 1 heterocycles. The molecule has 0 aliphatic heterocycles. The van der Waals surface area contributed by atoms with Crippen molar-refractivity contribution >= 4 is 29.0 Å². The van der Waals surface area contributed by atoms with Crippen molar-refractivity contribution in [1.29, 1.82) is 0 Å². The first-order chi connectivity index (χ1) is 13.0. The molecule has 0 atom stereocenters. The maximum Gasteiger partial charge on any atom is 0.344 e. The summed E-state index contributed by atoms with van der Waals surface area (Å²) in [5.74, 6) is -0.485. The van der Waals surface area contributed by atoms with Crippen molar-refractivity contribution in [3.63, 3.8) is 0 Å². The lowest BCUT2D eigenvalue weighted by molar-refractivity contribution is -0.383. The Morgan fingerprint density at radius 2 is 1.89 bits per heavy atom. The van der Waals surface area contributed by atoms with Crippen LogP contribution in [0.25, 0.3) is 0 Å². The molecule has 3 aromatic rings. The molecule has 9 nitrogen and oxygen atoms in total. The number of carbonyl (C=O) groups is 1. The summed E-state index contributed by atoms with van der Waals surface area (Å²) >= 11 is 1.07. The molecule has 0 fully saturated rings. The van der Waals surface area contributed by atoms with E-state index in [1.54, 1.807) is 6.07 Å². The summed E-state index contributed by atoms with van der Waals surface area (Å²) in [4.78, 5) is 34.6. The van der Waals surface area contributed by atoms with Crippen LogP contribution in [0.15, 0.2) is 64.5 Å². The molecule has 10 heteroatoms. The topological polar surface area (TPSA) is 123 Å². The lowest BCUT2D eigenvalue weighted by atomic mass is 10.2. The number of rotatable bonds is 7. The van der Waals surface area contributed by atoms with E-state index in [9.17, 15) is 19.7 Å². The highest BCUT2D eigenvalue weighted by molar-refractivity contribution is 7.99. The first kappa shape index (κ1) is 18.4. The SMILES string of the molecule is O=C(CSc1n[nH]c(=O)n1Cc1ccccc1)Nc1ccccc1[N+](=O)[O-]. The Bertz CT molecular complexity index is 1020. The van der Waals surface area contributed by atoms with Crippen molar-refractivity contribution in [2.24, 2.45) is 0 Å². The highest BCUT2D eigenvalue weighted by Gasteiger charge is 2.16. The highest BCUT2D eigenvalue weighted by Crippen LogP contribution is 2.23. The molecule has 0 spiro atoms. The molecule has 3 rings (SSSR count). The third-order valence-corrected chi connectivity index (χ3v) is 4.59. The minimum absolute atomic E-state index is 0.0505. The number of carbonyl (C=O) groups excluding carboxylic acids is 1. The molecule has 2 N–H and O–H groups in total. The van der Waals surface area contributed by atoms with Crippen molar-refractivity contribution in [2.45, 2.75) is 11.7 Å². The number of thioether (sulfide) groups is 1. The number of amides is 1. The van der Waals surface area contributed by atoms with Crippen LogP contribution in [0.2, 0.25) is 0 Å². The number of aromatic nitrogens is 3. The van der Waals surface area contributed by atoms with Crippen LogP contribution in [0, 0.1) is 10.1 Å². The fourth-order valence-corrected chi connectivity index (χ4v) is 3.12. The van der Waals surface area contributed by atoms with Crippen molar-refractivity contribution in [3.05, 3.63) is 80.8 Å². The summed E-state index contributed by atoms with van der Waals surface area (Å²) in [6.45, 7) is 0.324. The molecular formula is C17H15N5O4S. The van der Waals surface area contributed by atoms with Crippen LogP contribution in [0.3, 0.4) is 0 Å². The van der Waals surface area contributed by atoms with E-state index in [2.05, 4.69) is 15.5 Å². The van der Waals surface area contributed by atoms with E-state index in [1.807, 2.05) is 30.3 Å². The standard InChI is InChI=1S/C17H15N5O4S/c23-15(18-13-8-4-5-9-14(13)22(25)26)11-27-17-20-19-16(24)21(17)10-12-6-2-1-3-7-12/h1-9H,10-11H2,(H,18,23)(H,19,24). The van der Waals surface area contributed by atoms with E-state index >= 15 is 0 Å². The fraction of sp³-hybridized carbons (Fsp3) is 0.118. The summed E-state index contributed by atoms with van der Waals surface area (Å²) in [7, 11) is 0. The molecule has 2 aromatic carbocycles. The van der Waals surface area contributed by atoms with E-state index in [0.29, 0.717) is 11.7 Å². The van der Waals surface area contributed by atoms with Gasteiger partial charge < -0.3 is 5.32 Å². The van der Waals surface area contributed by atoms with E-state index in [0.717, 1.165) is 17.3 Å². The number of nitrogens with zero attached hydrogens (tertiary/aromatic N) is 3. The Hall–Kier alpha value is -3.40. The normalized spacial score (nSPS) is 10.5. The average molecular weight is 385 g/mol. The average Bonchev–Trinajstić information content (AvgIpc) is 3.01. The van der Waals surface area contributed by atoms with Gasteiger partial charge in [0.05, 0.1) is 17.2 Å². The van der Waals surface area contributed by atoms with Gasteiger partial charge in [-0.2, -0.15) is 0 Å². The second kappa shape index (κ2) is 8.32. The van der Waals surface area contributed by atoms with Gasteiger partial charge in [-0.25, -0.2) is 9.89 Å². The number of para-hydroxylation sites is 2. The summed E-state index contributed by atoms with van der Waals surface area (Å²) in [5, 5.41) is 20.2. The molecule has 27 heavy (non-hydrogen) atoms. The van der Waals surface area contributed by atoms with Crippen LogP contribution in [0.4, 0.5) is 11.4 Å². The maximum absolute atomic E-state index is 12.2. The summed E-state index contributed by atoms with van der Waals surface area (Å²) < 4.78 is 1.43. The Morgan fingerprint density at radius 1 is 1.19 bits per heavy atom. The maximum atomic E-state index is 12.2. The van der Waals surface area contributed by atoms with Crippen molar-refractivity contribution < 1.29 is 9.72 Å². The number of H-pyrrole nitrogens is 1. The molecule has 0 saturated heterocycles. The van der Waals surface area contributed by atoms with Crippen molar-refractivity contribution in [3.8, 4) is 0 Å². The number of nitro groups is 1. The number of hydrogen-bond donors (Lipinski definition) is 2. The monoisotopic (exact) mass is 385 g/mol. The van der Waals surface area contributed by atoms with E-state index in [-0.39, 0.29) is 22.8 Å². The molecule has 138 valence electrons. The number of hydrogen-bond acceptors (Lipinski definition) is 6. The van der Waals surface area contributed by atoms with E-state index in [1.165, 1.54) is 22.8 Å². The predicted molar refractivity (Wildman–Crippen MR) is 101 cm³/mol. The van der Waals surface area contributed by atoms with Crippen LogP contribution in [-0.2, 0) is 11.3 Å². The van der Waals surface area contributed by atoms with E-state index < -0.39 is 10.8 Å². The third kappa shape index (κ3) is 4.61. The zero-order valence-electron chi connectivity index (χ0n) is 14.0. The molecule has 0 radical (unpaired) electrons. The fourth-order valence-electron chi connectivity index (χ4n) is 2.37. The van der Waals surface area contributed by atoms with Crippen LogP contribution in [0.1, 0.15) is 5.56 Å². The Morgan fingerprint density at radius 3 is 2.63 bits per heavy atom. The third-order valence-electron chi connectivity index (χ3n) is 3.61. The minimum atomic E-state index is -0.562. The van der Waals surface area contributed by atoms with Crippen LogP contribution in [-0.4, -0.2) is 31.3 Å². The van der Waals surface area contributed by atoms with Gasteiger partial charge in [-0.15, -0.1) is 5.10 Å². The molecule has 0 aliphatic carbocycles. The van der Waals surface area contributed by atoms with Crippen LogP contribution in [0.5, 0.6) is 0 Å². The molecule has 0 bridgehead atoms. The second-order valence-electron chi connectivity index (χ2n) is 5.49. The summed E-state index contributed by atoms with van der Waals surface area (Å²) in [6, 6.07) is 15.3. The minimum Gasteiger partial charge on any atom is -0.320 e. The molecule has 1 amide bonds. The van der Waals surface area contributed by atoms with Gasteiger partial charge in [0.2, 0.25) is 5.91 Å². The quantitative estimate of drug-likeness (QED) is 0.365. The van der Waals surface area contributed by atoms with Crippen LogP contribution < -0.4 is 11.0 Å². The molecule has 0 aliphatic rings. The lowest BCUT2D eigenvalue weighted by Crippen LogP contribution is -2.19. The predicted octanol–water partition coefficient (Wildman–Crippen LogP) is 2.26. The molecule has 0 unspecified atom stereocenters. The smallest absolute Gasteiger partial charge is 0.320 e. The van der Waals surface area contributed by atoms with Gasteiger partial charge in [0.15, 0.2) is 5.16 Å². The highest BCUT2D eigenvalue weighted by atomic mass is 32.2. The van der Waals surface area contributed by atoms with Gasteiger partial charge in [0.25, 0.3) is 5.69 Å². The number of nitro benzene ring substituents is 1.